The van der Waals surface area contributed by atoms with Crippen molar-refractivity contribution < 1.29 is 17.6 Å². The fourth-order valence-electron chi connectivity index (χ4n) is 1.56. The van der Waals surface area contributed by atoms with Crippen molar-refractivity contribution in [2.24, 2.45) is 0 Å². The van der Waals surface area contributed by atoms with Gasteiger partial charge in [-0.15, -0.1) is 0 Å². The first kappa shape index (κ1) is 11.6. The maximum absolute atomic E-state index is 13.5. The first-order valence-electron chi connectivity index (χ1n) is 4.76. The number of hydrogen-bond acceptors (Lipinski definition) is 1. The van der Waals surface area contributed by atoms with Crippen molar-refractivity contribution >= 4 is 0 Å². The van der Waals surface area contributed by atoms with Crippen LogP contribution in [-0.2, 0) is 6.18 Å². The highest BCUT2D eigenvalue weighted by molar-refractivity contribution is 5.67. The molecule has 0 radical (unpaired) electrons. The molecule has 1 nitrogen and oxygen atoms in total. The molecule has 2 aromatic rings. The van der Waals surface area contributed by atoms with Gasteiger partial charge in [-0.05, 0) is 18.2 Å². The lowest BCUT2D eigenvalue weighted by molar-refractivity contribution is -0.137. The normalized spacial score (nSPS) is 11.5. The smallest absolute Gasteiger partial charge is 0.264 e. The standard InChI is InChI=1S/C12H7F4N/c13-10-5-1-4-9(12(14,15)16)11(10)8-3-2-6-17-7-8/h1-7H. The largest absolute Gasteiger partial charge is 0.417 e. The number of alkyl halides is 3. The fraction of sp³-hybridized carbons (Fsp3) is 0.0833. The van der Waals surface area contributed by atoms with Crippen LogP contribution in [0.15, 0.2) is 42.7 Å². The Morgan fingerprint density at radius 2 is 1.76 bits per heavy atom. The summed E-state index contributed by atoms with van der Waals surface area (Å²) in [4.78, 5) is 3.69. The topological polar surface area (TPSA) is 12.9 Å². The highest BCUT2D eigenvalue weighted by atomic mass is 19.4. The Labute approximate surface area is 94.7 Å². The number of benzene rings is 1. The summed E-state index contributed by atoms with van der Waals surface area (Å²) >= 11 is 0. The molecule has 0 aliphatic rings. The summed E-state index contributed by atoms with van der Waals surface area (Å²) in [5, 5.41) is 0. The quantitative estimate of drug-likeness (QED) is 0.690. The molecule has 0 atom stereocenters. The molecule has 1 heterocycles. The number of halogens is 4. The van der Waals surface area contributed by atoms with Crippen LogP contribution in [0.1, 0.15) is 5.56 Å². The van der Waals surface area contributed by atoms with Crippen LogP contribution in [0.3, 0.4) is 0 Å². The van der Waals surface area contributed by atoms with Crippen LogP contribution in [0.5, 0.6) is 0 Å². The highest BCUT2D eigenvalue weighted by Gasteiger charge is 2.34. The number of rotatable bonds is 1. The van der Waals surface area contributed by atoms with E-state index < -0.39 is 23.1 Å². The van der Waals surface area contributed by atoms with E-state index in [1.165, 1.54) is 24.5 Å². The Kier molecular flexibility index (Phi) is 2.83. The summed E-state index contributed by atoms with van der Waals surface area (Å²) in [6, 6.07) is 5.74. The van der Waals surface area contributed by atoms with E-state index in [1.807, 2.05) is 0 Å². The molecule has 5 heteroatoms. The van der Waals surface area contributed by atoms with Gasteiger partial charge >= 0.3 is 6.18 Å². The van der Waals surface area contributed by atoms with Gasteiger partial charge in [-0.25, -0.2) is 4.39 Å². The first-order chi connectivity index (χ1) is 8.00. The minimum Gasteiger partial charge on any atom is -0.264 e. The predicted octanol–water partition coefficient (Wildman–Crippen LogP) is 3.91. The SMILES string of the molecule is Fc1cccc(C(F)(F)F)c1-c1cccnc1. The van der Waals surface area contributed by atoms with Gasteiger partial charge in [0.2, 0.25) is 0 Å². The minimum atomic E-state index is -4.59. The predicted molar refractivity (Wildman–Crippen MR) is 54.6 cm³/mol. The van der Waals surface area contributed by atoms with Crippen molar-refractivity contribution in [3.8, 4) is 11.1 Å². The molecule has 2 rings (SSSR count). The van der Waals surface area contributed by atoms with E-state index in [0.717, 1.165) is 18.2 Å². The lowest BCUT2D eigenvalue weighted by Gasteiger charge is -2.13. The fourth-order valence-corrected chi connectivity index (χ4v) is 1.56. The summed E-state index contributed by atoms with van der Waals surface area (Å²) < 4.78 is 51.7. The molecule has 0 saturated carbocycles. The van der Waals surface area contributed by atoms with Gasteiger partial charge in [-0.3, -0.25) is 4.98 Å². The van der Waals surface area contributed by atoms with E-state index in [4.69, 9.17) is 0 Å². The van der Waals surface area contributed by atoms with Crippen LogP contribution < -0.4 is 0 Å². The number of hydrogen-bond donors (Lipinski definition) is 0. The molecule has 0 bridgehead atoms. The van der Waals surface area contributed by atoms with Gasteiger partial charge in [0.1, 0.15) is 5.82 Å². The van der Waals surface area contributed by atoms with E-state index >= 15 is 0 Å². The maximum atomic E-state index is 13.5. The second kappa shape index (κ2) is 4.16. The van der Waals surface area contributed by atoms with Crippen molar-refractivity contribution in [3.63, 3.8) is 0 Å². The lowest BCUT2D eigenvalue weighted by Crippen LogP contribution is -2.08. The van der Waals surface area contributed by atoms with Gasteiger partial charge in [-0.1, -0.05) is 12.1 Å². The molecular weight excluding hydrogens is 234 g/mol. The summed E-state index contributed by atoms with van der Waals surface area (Å²) in [5.41, 5.74) is -1.35. The van der Waals surface area contributed by atoms with Crippen molar-refractivity contribution in [1.29, 1.82) is 0 Å². The third kappa shape index (κ3) is 2.27. The molecular formula is C12H7F4N. The van der Waals surface area contributed by atoms with Gasteiger partial charge in [0, 0.05) is 23.5 Å². The van der Waals surface area contributed by atoms with Crippen LogP contribution in [-0.4, -0.2) is 4.98 Å². The number of pyridine rings is 1. The molecule has 0 aliphatic heterocycles. The average molecular weight is 241 g/mol. The van der Waals surface area contributed by atoms with Crippen LogP contribution in [0.2, 0.25) is 0 Å². The van der Waals surface area contributed by atoms with Crippen LogP contribution in [0.4, 0.5) is 17.6 Å². The van der Waals surface area contributed by atoms with Gasteiger partial charge in [0.15, 0.2) is 0 Å². The van der Waals surface area contributed by atoms with Gasteiger partial charge in [0.25, 0.3) is 0 Å². The Balaban J connectivity index is 2.69. The van der Waals surface area contributed by atoms with Gasteiger partial charge < -0.3 is 0 Å². The molecule has 0 unspecified atom stereocenters. The zero-order valence-corrected chi connectivity index (χ0v) is 8.50. The molecule has 0 amide bonds. The van der Waals surface area contributed by atoms with E-state index in [9.17, 15) is 17.6 Å². The average Bonchev–Trinajstić information content (AvgIpc) is 2.28. The second-order valence-electron chi connectivity index (χ2n) is 3.40. The Hall–Kier alpha value is -1.91. The van der Waals surface area contributed by atoms with E-state index in [2.05, 4.69) is 4.98 Å². The number of nitrogens with zero attached hydrogens (tertiary/aromatic N) is 1. The molecule has 88 valence electrons. The zero-order valence-electron chi connectivity index (χ0n) is 8.50. The van der Waals surface area contributed by atoms with E-state index in [0.29, 0.717) is 0 Å². The summed E-state index contributed by atoms with van der Waals surface area (Å²) in [7, 11) is 0. The van der Waals surface area contributed by atoms with Crippen molar-refractivity contribution in [2.45, 2.75) is 6.18 Å². The van der Waals surface area contributed by atoms with Crippen molar-refractivity contribution in [1.82, 2.24) is 4.98 Å². The molecule has 17 heavy (non-hydrogen) atoms. The summed E-state index contributed by atoms with van der Waals surface area (Å²) in [5.74, 6) is -0.909. The molecule has 1 aromatic heterocycles. The maximum Gasteiger partial charge on any atom is 0.417 e. The van der Waals surface area contributed by atoms with Crippen molar-refractivity contribution in [2.75, 3.05) is 0 Å². The first-order valence-corrected chi connectivity index (χ1v) is 4.76. The van der Waals surface area contributed by atoms with Crippen LogP contribution >= 0.6 is 0 Å². The molecule has 1 aromatic carbocycles. The Morgan fingerprint density at radius 1 is 1.00 bits per heavy atom. The molecule has 0 spiro atoms. The Bertz CT molecular complexity index is 520. The van der Waals surface area contributed by atoms with E-state index in [1.54, 1.807) is 0 Å². The molecule has 0 aliphatic carbocycles. The van der Waals surface area contributed by atoms with Gasteiger partial charge in [0.05, 0.1) is 5.56 Å². The second-order valence-corrected chi connectivity index (χ2v) is 3.40. The van der Waals surface area contributed by atoms with Crippen LogP contribution in [0.25, 0.3) is 11.1 Å². The lowest BCUT2D eigenvalue weighted by atomic mass is 10.0. The summed E-state index contributed by atoms with van der Waals surface area (Å²) in [6.07, 6.45) is -1.97. The highest BCUT2D eigenvalue weighted by Crippen LogP contribution is 2.37. The zero-order chi connectivity index (χ0) is 12.5. The van der Waals surface area contributed by atoms with Crippen LogP contribution in [0, 0.1) is 5.82 Å². The number of aromatic nitrogens is 1. The van der Waals surface area contributed by atoms with Crippen molar-refractivity contribution in [3.05, 3.63) is 54.1 Å². The Morgan fingerprint density at radius 3 is 2.35 bits per heavy atom. The summed E-state index contributed by atoms with van der Waals surface area (Å²) in [6.45, 7) is 0. The van der Waals surface area contributed by atoms with Gasteiger partial charge in [-0.2, -0.15) is 13.2 Å². The molecule has 0 fully saturated rings. The monoisotopic (exact) mass is 241 g/mol. The molecule has 0 N–H and O–H groups in total. The molecule has 0 saturated heterocycles. The third-order valence-electron chi connectivity index (χ3n) is 2.27. The third-order valence-corrected chi connectivity index (χ3v) is 2.27. The minimum absolute atomic E-state index is 0.109. The van der Waals surface area contributed by atoms with E-state index in [-0.39, 0.29) is 5.56 Å².